The number of aromatic nitrogens is 3. The molecule has 5 nitrogen and oxygen atoms in total. The molecule has 27 heavy (non-hydrogen) atoms. The van der Waals surface area contributed by atoms with Crippen LogP contribution in [-0.2, 0) is 24.2 Å². The first-order chi connectivity index (χ1) is 13.0. The van der Waals surface area contributed by atoms with Crippen LogP contribution in [-0.4, -0.2) is 27.2 Å². The van der Waals surface area contributed by atoms with Crippen molar-refractivity contribution in [1.29, 1.82) is 0 Å². The van der Waals surface area contributed by atoms with E-state index in [2.05, 4.69) is 37.7 Å². The van der Waals surface area contributed by atoms with Gasteiger partial charge >= 0.3 is 0 Å². The van der Waals surface area contributed by atoms with Gasteiger partial charge in [-0.1, -0.05) is 26.7 Å². The third-order valence-electron chi connectivity index (χ3n) is 5.10. The molecule has 1 aliphatic rings. The Balaban J connectivity index is 1.93. The molecule has 0 radical (unpaired) electrons. The average molecular weight is 386 g/mol. The number of ether oxygens (including phenoxy) is 2. The first-order valence-corrected chi connectivity index (χ1v) is 10.7. The predicted molar refractivity (Wildman–Crippen MR) is 110 cm³/mol. The molecule has 3 aromatic heterocycles. The topological polar surface area (TPSA) is 57.1 Å². The van der Waals surface area contributed by atoms with Crippen LogP contribution in [0.15, 0.2) is 6.33 Å². The standard InChI is InChI=1S/C21H27N3O2S/c1-5-7-9-25-19-18-17(22-12-23-19)16-13-10-21(3,4)26-11-14(13)15(8-6-2)24-20(16)27-18/h12H,5-11H2,1-4H3. The number of hydrogen-bond donors (Lipinski definition) is 0. The predicted octanol–water partition coefficient (Wildman–Crippen LogP) is 5.22. The second kappa shape index (κ2) is 7.32. The molecule has 4 rings (SSSR count). The van der Waals surface area contributed by atoms with Gasteiger partial charge in [-0.2, -0.15) is 0 Å². The maximum absolute atomic E-state index is 6.11. The van der Waals surface area contributed by atoms with Gasteiger partial charge in [0.05, 0.1) is 24.3 Å². The minimum absolute atomic E-state index is 0.174. The minimum Gasteiger partial charge on any atom is -0.477 e. The van der Waals surface area contributed by atoms with Crippen molar-refractivity contribution in [2.75, 3.05) is 6.61 Å². The van der Waals surface area contributed by atoms with Crippen LogP contribution in [0.5, 0.6) is 5.88 Å². The van der Waals surface area contributed by atoms with E-state index in [1.54, 1.807) is 17.7 Å². The van der Waals surface area contributed by atoms with Gasteiger partial charge in [-0.3, -0.25) is 0 Å². The number of fused-ring (bicyclic) bond motifs is 5. The van der Waals surface area contributed by atoms with Gasteiger partial charge in [0.1, 0.15) is 15.9 Å². The molecule has 0 bridgehead atoms. The van der Waals surface area contributed by atoms with E-state index < -0.39 is 0 Å². The van der Waals surface area contributed by atoms with Crippen molar-refractivity contribution >= 4 is 31.8 Å². The lowest BCUT2D eigenvalue weighted by atomic mass is 9.88. The van der Waals surface area contributed by atoms with Gasteiger partial charge in [-0.15, -0.1) is 11.3 Å². The first kappa shape index (κ1) is 18.6. The molecule has 0 aromatic carbocycles. The largest absolute Gasteiger partial charge is 0.477 e. The van der Waals surface area contributed by atoms with Gasteiger partial charge in [-0.05, 0) is 32.3 Å². The fraction of sp³-hybridized carbons (Fsp3) is 0.571. The molecule has 0 fully saturated rings. The first-order valence-electron chi connectivity index (χ1n) is 9.88. The number of aryl methyl sites for hydroxylation is 1. The molecule has 0 saturated heterocycles. The van der Waals surface area contributed by atoms with Gasteiger partial charge in [0, 0.05) is 23.1 Å². The Morgan fingerprint density at radius 2 is 2.04 bits per heavy atom. The van der Waals surface area contributed by atoms with Crippen molar-refractivity contribution < 1.29 is 9.47 Å². The van der Waals surface area contributed by atoms with Crippen molar-refractivity contribution in [2.45, 2.75) is 72.0 Å². The molecule has 1 aliphatic heterocycles. The van der Waals surface area contributed by atoms with Crippen LogP contribution in [0.25, 0.3) is 20.4 Å². The Morgan fingerprint density at radius 3 is 2.81 bits per heavy atom. The van der Waals surface area contributed by atoms with E-state index >= 15 is 0 Å². The highest BCUT2D eigenvalue weighted by molar-refractivity contribution is 7.25. The molecular formula is C21H27N3O2S. The molecule has 0 atom stereocenters. The lowest BCUT2D eigenvalue weighted by Crippen LogP contribution is -2.32. The summed E-state index contributed by atoms with van der Waals surface area (Å²) in [5, 5.41) is 1.17. The monoisotopic (exact) mass is 385 g/mol. The van der Waals surface area contributed by atoms with Crippen molar-refractivity contribution in [3.63, 3.8) is 0 Å². The Morgan fingerprint density at radius 1 is 1.19 bits per heavy atom. The fourth-order valence-electron chi connectivity index (χ4n) is 3.71. The van der Waals surface area contributed by atoms with Crippen LogP contribution in [0.2, 0.25) is 0 Å². The lowest BCUT2D eigenvalue weighted by Gasteiger charge is -2.33. The van der Waals surface area contributed by atoms with Crippen LogP contribution in [0.1, 0.15) is 63.8 Å². The summed E-state index contributed by atoms with van der Waals surface area (Å²) in [4.78, 5) is 15.1. The van der Waals surface area contributed by atoms with Gasteiger partial charge in [0.2, 0.25) is 5.88 Å². The number of unbranched alkanes of at least 4 members (excludes halogenated alkanes) is 1. The number of rotatable bonds is 6. The maximum Gasteiger partial charge on any atom is 0.234 e. The Labute approximate surface area is 164 Å². The van der Waals surface area contributed by atoms with Crippen LogP contribution >= 0.6 is 11.3 Å². The zero-order valence-electron chi connectivity index (χ0n) is 16.6. The summed E-state index contributed by atoms with van der Waals surface area (Å²) in [6.07, 6.45) is 6.67. The molecule has 6 heteroatoms. The number of hydrogen-bond acceptors (Lipinski definition) is 6. The SMILES string of the molecule is CCCCOc1ncnc2c1sc1nc(CCC)c3c(c12)CC(C)(C)OC3. The highest BCUT2D eigenvalue weighted by atomic mass is 32.1. The molecule has 3 aromatic rings. The molecule has 144 valence electrons. The third kappa shape index (κ3) is 3.41. The highest BCUT2D eigenvalue weighted by Gasteiger charge is 2.31. The lowest BCUT2D eigenvalue weighted by molar-refractivity contribution is -0.0401. The van der Waals surface area contributed by atoms with E-state index in [0.29, 0.717) is 19.1 Å². The van der Waals surface area contributed by atoms with Crippen LogP contribution in [0.3, 0.4) is 0 Å². The van der Waals surface area contributed by atoms with Crippen molar-refractivity contribution in [3.8, 4) is 5.88 Å². The molecule has 0 saturated carbocycles. The molecule has 0 aliphatic carbocycles. The van der Waals surface area contributed by atoms with E-state index in [9.17, 15) is 0 Å². The third-order valence-corrected chi connectivity index (χ3v) is 6.17. The average Bonchev–Trinajstić information content (AvgIpc) is 3.01. The van der Waals surface area contributed by atoms with Crippen molar-refractivity contribution in [3.05, 3.63) is 23.1 Å². The Bertz CT molecular complexity index is 981. The van der Waals surface area contributed by atoms with E-state index in [4.69, 9.17) is 14.5 Å². The fourth-order valence-corrected chi connectivity index (χ4v) is 4.83. The molecular weight excluding hydrogens is 358 g/mol. The Hall–Kier alpha value is -1.79. The van der Waals surface area contributed by atoms with Crippen LogP contribution < -0.4 is 4.74 Å². The van der Waals surface area contributed by atoms with Gasteiger partial charge in [0.25, 0.3) is 0 Å². The molecule has 0 amide bonds. The summed E-state index contributed by atoms with van der Waals surface area (Å²) in [5.74, 6) is 0.688. The zero-order valence-corrected chi connectivity index (χ0v) is 17.4. The van der Waals surface area contributed by atoms with Gasteiger partial charge in [0.15, 0.2) is 0 Å². The molecule has 0 unspecified atom stereocenters. The van der Waals surface area contributed by atoms with E-state index in [1.165, 1.54) is 22.2 Å². The van der Waals surface area contributed by atoms with E-state index in [0.717, 1.165) is 47.2 Å². The molecule has 4 heterocycles. The van der Waals surface area contributed by atoms with Gasteiger partial charge < -0.3 is 9.47 Å². The summed E-state index contributed by atoms with van der Waals surface area (Å²) in [5.41, 5.74) is 4.58. The van der Waals surface area contributed by atoms with E-state index in [-0.39, 0.29) is 5.60 Å². The summed E-state index contributed by atoms with van der Waals surface area (Å²) in [6.45, 7) is 9.98. The second-order valence-corrected chi connectivity index (χ2v) is 8.83. The van der Waals surface area contributed by atoms with Crippen LogP contribution in [0, 0.1) is 0 Å². The van der Waals surface area contributed by atoms with Crippen LogP contribution in [0.4, 0.5) is 0 Å². The number of pyridine rings is 1. The number of nitrogens with zero attached hydrogens (tertiary/aromatic N) is 3. The quantitative estimate of drug-likeness (QED) is 0.544. The molecule has 0 spiro atoms. The smallest absolute Gasteiger partial charge is 0.234 e. The normalized spacial score (nSPS) is 16.0. The second-order valence-electron chi connectivity index (χ2n) is 7.83. The van der Waals surface area contributed by atoms with E-state index in [1.807, 2.05) is 0 Å². The minimum atomic E-state index is -0.174. The zero-order chi connectivity index (χ0) is 19.0. The summed E-state index contributed by atoms with van der Waals surface area (Å²) < 4.78 is 13.1. The summed E-state index contributed by atoms with van der Waals surface area (Å²) in [7, 11) is 0. The Kier molecular flexibility index (Phi) is 5.03. The molecule has 0 N–H and O–H groups in total. The summed E-state index contributed by atoms with van der Waals surface area (Å²) >= 11 is 1.66. The summed E-state index contributed by atoms with van der Waals surface area (Å²) in [6, 6.07) is 0. The van der Waals surface area contributed by atoms with Crippen molar-refractivity contribution in [2.24, 2.45) is 0 Å². The van der Waals surface area contributed by atoms with Gasteiger partial charge in [-0.25, -0.2) is 15.0 Å². The highest BCUT2D eigenvalue weighted by Crippen LogP contribution is 2.42. The van der Waals surface area contributed by atoms with Crippen molar-refractivity contribution in [1.82, 2.24) is 15.0 Å². The number of thiophene rings is 1. The maximum atomic E-state index is 6.11.